The van der Waals surface area contributed by atoms with Crippen molar-refractivity contribution in [1.82, 2.24) is 14.8 Å². The van der Waals surface area contributed by atoms with Crippen LogP contribution in [0.2, 0.25) is 0 Å². The van der Waals surface area contributed by atoms with E-state index in [4.69, 9.17) is 0 Å². The Hall–Kier alpha value is -2.23. The van der Waals surface area contributed by atoms with Crippen LogP contribution in [0.1, 0.15) is 5.69 Å². The SMILES string of the molecule is Cc1[nH]ccc1-n1[nH]c2ccccc2c1=O. The van der Waals surface area contributed by atoms with Crippen LogP contribution >= 0.6 is 0 Å². The number of para-hydroxylation sites is 1. The molecule has 0 spiro atoms. The lowest BCUT2D eigenvalue weighted by molar-refractivity contribution is 0.856. The second-order valence-corrected chi connectivity index (χ2v) is 3.79. The van der Waals surface area contributed by atoms with Gasteiger partial charge in [0.1, 0.15) is 0 Å². The van der Waals surface area contributed by atoms with Crippen molar-refractivity contribution < 1.29 is 0 Å². The van der Waals surface area contributed by atoms with Gasteiger partial charge in [-0.3, -0.25) is 9.89 Å². The van der Waals surface area contributed by atoms with Crippen molar-refractivity contribution in [3.05, 3.63) is 52.6 Å². The molecule has 16 heavy (non-hydrogen) atoms. The molecule has 2 aromatic heterocycles. The second-order valence-electron chi connectivity index (χ2n) is 3.79. The van der Waals surface area contributed by atoms with E-state index in [9.17, 15) is 4.79 Å². The highest BCUT2D eigenvalue weighted by Gasteiger charge is 2.09. The molecule has 4 heteroatoms. The molecule has 0 fully saturated rings. The van der Waals surface area contributed by atoms with E-state index in [0.717, 1.165) is 16.9 Å². The second kappa shape index (κ2) is 3.13. The fourth-order valence-corrected chi connectivity index (χ4v) is 1.92. The number of benzene rings is 1. The van der Waals surface area contributed by atoms with Gasteiger partial charge in [0.05, 0.1) is 16.6 Å². The maximum Gasteiger partial charge on any atom is 0.279 e. The monoisotopic (exact) mass is 213 g/mol. The molecule has 0 bridgehead atoms. The largest absolute Gasteiger partial charge is 0.363 e. The van der Waals surface area contributed by atoms with Gasteiger partial charge in [-0.2, -0.15) is 0 Å². The van der Waals surface area contributed by atoms with Gasteiger partial charge in [0.2, 0.25) is 0 Å². The number of aromatic amines is 2. The molecule has 4 nitrogen and oxygen atoms in total. The van der Waals surface area contributed by atoms with Crippen LogP contribution < -0.4 is 5.56 Å². The predicted octanol–water partition coefficient (Wildman–Crippen LogP) is 1.96. The highest BCUT2D eigenvalue weighted by molar-refractivity contribution is 5.78. The van der Waals surface area contributed by atoms with Crippen LogP contribution in [-0.2, 0) is 0 Å². The summed E-state index contributed by atoms with van der Waals surface area (Å²) in [5.41, 5.74) is 2.67. The van der Waals surface area contributed by atoms with Gasteiger partial charge in [0, 0.05) is 11.9 Å². The summed E-state index contributed by atoms with van der Waals surface area (Å²) in [5, 5.41) is 3.80. The Balaban J connectivity index is 2.38. The molecule has 0 unspecified atom stereocenters. The predicted molar refractivity (Wildman–Crippen MR) is 63.0 cm³/mol. The number of hydrogen-bond acceptors (Lipinski definition) is 1. The summed E-state index contributed by atoms with van der Waals surface area (Å²) < 4.78 is 1.57. The lowest BCUT2D eigenvalue weighted by atomic mass is 10.3. The minimum Gasteiger partial charge on any atom is -0.363 e. The molecule has 3 aromatic rings. The van der Waals surface area contributed by atoms with Gasteiger partial charge >= 0.3 is 0 Å². The van der Waals surface area contributed by atoms with E-state index in [1.807, 2.05) is 43.5 Å². The minimum atomic E-state index is -0.0155. The highest BCUT2D eigenvalue weighted by Crippen LogP contribution is 2.12. The molecule has 0 aliphatic rings. The molecule has 0 radical (unpaired) electrons. The lowest BCUT2D eigenvalue weighted by Gasteiger charge is -1.98. The number of aromatic nitrogens is 3. The zero-order valence-corrected chi connectivity index (χ0v) is 8.82. The number of hydrogen-bond donors (Lipinski definition) is 2. The molecule has 0 aliphatic carbocycles. The standard InChI is InChI=1S/C12H11N3O/c1-8-11(6-7-13-8)15-12(16)9-4-2-3-5-10(9)14-15/h2-7,13-14H,1H3. The van der Waals surface area contributed by atoms with E-state index in [1.54, 1.807) is 4.68 Å². The quantitative estimate of drug-likeness (QED) is 0.637. The summed E-state index contributed by atoms with van der Waals surface area (Å²) in [6.45, 7) is 1.94. The minimum absolute atomic E-state index is 0.0155. The number of nitrogens with zero attached hydrogens (tertiary/aromatic N) is 1. The van der Waals surface area contributed by atoms with Gasteiger partial charge in [-0.15, -0.1) is 0 Å². The number of nitrogens with one attached hydrogen (secondary N) is 2. The Labute approximate surface area is 91.5 Å². The summed E-state index contributed by atoms with van der Waals surface area (Å²) in [7, 11) is 0. The molecule has 3 rings (SSSR count). The fourth-order valence-electron chi connectivity index (χ4n) is 1.92. The molecule has 0 saturated carbocycles. The number of aryl methyl sites for hydroxylation is 1. The summed E-state index contributed by atoms with van der Waals surface area (Å²) >= 11 is 0. The average Bonchev–Trinajstić information content (AvgIpc) is 2.84. The zero-order valence-electron chi connectivity index (χ0n) is 8.82. The first-order valence-corrected chi connectivity index (χ1v) is 5.11. The molecule has 1 aromatic carbocycles. The van der Waals surface area contributed by atoms with Crippen molar-refractivity contribution in [2.75, 3.05) is 0 Å². The van der Waals surface area contributed by atoms with Crippen molar-refractivity contribution in [3.8, 4) is 5.69 Å². The zero-order chi connectivity index (χ0) is 11.1. The van der Waals surface area contributed by atoms with Crippen LogP contribution in [0.5, 0.6) is 0 Å². The molecular formula is C12H11N3O. The van der Waals surface area contributed by atoms with Crippen LogP contribution in [-0.4, -0.2) is 14.8 Å². The molecule has 0 amide bonds. The van der Waals surface area contributed by atoms with Crippen LogP contribution in [0.25, 0.3) is 16.6 Å². The molecule has 0 aliphatic heterocycles. The molecule has 80 valence electrons. The first kappa shape index (κ1) is 9.03. The van der Waals surface area contributed by atoms with Crippen molar-refractivity contribution in [3.63, 3.8) is 0 Å². The van der Waals surface area contributed by atoms with Gasteiger partial charge in [-0.1, -0.05) is 12.1 Å². The summed E-state index contributed by atoms with van der Waals surface area (Å²) in [6.07, 6.45) is 1.82. The van der Waals surface area contributed by atoms with E-state index in [-0.39, 0.29) is 5.56 Å². The molecule has 0 atom stereocenters. The topological polar surface area (TPSA) is 53.6 Å². The highest BCUT2D eigenvalue weighted by atomic mass is 16.1. The van der Waals surface area contributed by atoms with Crippen LogP contribution in [0.15, 0.2) is 41.3 Å². The van der Waals surface area contributed by atoms with Gasteiger partial charge in [0.15, 0.2) is 0 Å². The Morgan fingerprint density at radius 3 is 2.69 bits per heavy atom. The van der Waals surface area contributed by atoms with Gasteiger partial charge in [0.25, 0.3) is 5.56 Å². The number of fused-ring (bicyclic) bond motifs is 1. The first-order chi connectivity index (χ1) is 7.77. The summed E-state index contributed by atoms with van der Waals surface area (Å²) in [6, 6.07) is 9.38. The van der Waals surface area contributed by atoms with Crippen molar-refractivity contribution in [2.24, 2.45) is 0 Å². The van der Waals surface area contributed by atoms with E-state index in [0.29, 0.717) is 5.39 Å². The van der Waals surface area contributed by atoms with Crippen LogP contribution in [0, 0.1) is 6.92 Å². The molecule has 2 N–H and O–H groups in total. The third-order valence-corrected chi connectivity index (χ3v) is 2.76. The van der Waals surface area contributed by atoms with Crippen LogP contribution in [0.4, 0.5) is 0 Å². The smallest absolute Gasteiger partial charge is 0.279 e. The third-order valence-electron chi connectivity index (χ3n) is 2.76. The van der Waals surface area contributed by atoms with Gasteiger partial charge < -0.3 is 4.98 Å². The number of rotatable bonds is 1. The molecule has 0 saturated heterocycles. The first-order valence-electron chi connectivity index (χ1n) is 5.11. The molecule has 2 heterocycles. The van der Waals surface area contributed by atoms with E-state index < -0.39 is 0 Å². The van der Waals surface area contributed by atoms with Crippen molar-refractivity contribution in [2.45, 2.75) is 6.92 Å². The maximum atomic E-state index is 12.1. The Morgan fingerprint density at radius 2 is 2.00 bits per heavy atom. The van der Waals surface area contributed by atoms with Crippen LogP contribution in [0.3, 0.4) is 0 Å². The Morgan fingerprint density at radius 1 is 1.19 bits per heavy atom. The van der Waals surface area contributed by atoms with Gasteiger partial charge in [-0.05, 0) is 25.1 Å². The Kier molecular flexibility index (Phi) is 1.77. The third kappa shape index (κ3) is 1.13. The average molecular weight is 213 g/mol. The fraction of sp³-hybridized carbons (Fsp3) is 0.0833. The van der Waals surface area contributed by atoms with E-state index in [1.165, 1.54) is 0 Å². The van der Waals surface area contributed by atoms with E-state index >= 15 is 0 Å². The van der Waals surface area contributed by atoms with E-state index in [2.05, 4.69) is 10.1 Å². The van der Waals surface area contributed by atoms with Crippen molar-refractivity contribution >= 4 is 10.9 Å². The Bertz CT molecular complexity index is 702. The maximum absolute atomic E-state index is 12.1. The van der Waals surface area contributed by atoms with Crippen molar-refractivity contribution in [1.29, 1.82) is 0 Å². The molecular weight excluding hydrogens is 202 g/mol. The normalized spacial score (nSPS) is 11.1. The lowest BCUT2D eigenvalue weighted by Crippen LogP contribution is -2.14. The summed E-state index contributed by atoms with van der Waals surface area (Å²) in [4.78, 5) is 15.2. The number of H-pyrrole nitrogens is 2. The van der Waals surface area contributed by atoms with Gasteiger partial charge in [-0.25, -0.2) is 4.68 Å². The summed E-state index contributed by atoms with van der Waals surface area (Å²) in [5.74, 6) is 0.